The van der Waals surface area contributed by atoms with Gasteiger partial charge in [-0.1, -0.05) is 11.6 Å². The van der Waals surface area contributed by atoms with Crippen LogP contribution in [0.2, 0.25) is 5.02 Å². The Kier molecular flexibility index (Phi) is 5.71. The summed E-state index contributed by atoms with van der Waals surface area (Å²) in [6.07, 6.45) is 0. The second-order valence-corrected chi connectivity index (χ2v) is 7.49. The van der Waals surface area contributed by atoms with Gasteiger partial charge in [0.2, 0.25) is 0 Å². The zero-order valence-electron chi connectivity index (χ0n) is 14.7. The number of carbonyl (C=O) groups excluding carboxylic acids is 2. The van der Waals surface area contributed by atoms with Gasteiger partial charge < -0.3 is 10.6 Å². The largest absolute Gasteiger partial charge is 0.346 e. The Bertz CT molecular complexity index is 1070. The number of aryl methyl sites for hydroxylation is 2. The van der Waals surface area contributed by atoms with Crippen molar-refractivity contribution in [3.63, 3.8) is 0 Å². The second kappa shape index (κ2) is 8.03. The molecule has 0 aliphatic carbocycles. The van der Waals surface area contributed by atoms with Gasteiger partial charge in [0, 0.05) is 10.9 Å². The summed E-state index contributed by atoms with van der Waals surface area (Å²) in [6, 6.07) is 2.71. The Labute approximate surface area is 167 Å². The highest BCUT2D eigenvalue weighted by Crippen LogP contribution is 2.21. The number of nitrogens with zero attached hydrogens (tertiary/aromatic N) is 2. The Balaban J connectivity index is 1.65. The fourth-order valence-electron chi connectivity index (χ4n) is 2.38. The minimum absolute atomic E-state index is 0.0468. The number of anilines is 1. The first kappa shape index (κ1) is 19.9. The number of hydrogen-bond donors (Lipinski definition) is 3. The van der Waals surface area contributed by atoms with Gasteiger partial charge in [-0.3, -0.25) is 14.7 Å². The number of rotatable bonds is 5. The molecule has 0 aliphatic rings. The molecule has 2 amide bonds. The number of H-pyrrole nitrogens is 1. The molecule has 0 saturated heterocycles. The lowest BCUT2D eigenvalue weighted by molar-refractivity contribution is 0.0945. The number of amides is 2. The van der Waals surface area contributed by atoms with Crippen LogP contribution in [0.25, 0.3) is 0 Å². The van der Waals surface area contributed by atoms with E-state index in [1.54, 1.807) is 0 Å². The van der Waals surface area contributed by atoms with E-state index in [0.717, 1.165) is 15.6 Å². The van der Waals surface area contributed by atoms with Crippen LogP contribution < -0.4 is 10.6 Å². The van der Waals surface area contributed by atoms with Gasteiger partial charge in [0.25, 0.3) is 11.8 Å². The second-order valence-electron chi connectivity index (χ2n) is 5.79. The van der Waals surface area contributed by atoms with Crippen molar-refractivity contribution in [1.29, 1.82) is 0 Å². The normalized spacial score (nSPS) is 10.8. The Morgan fingerprint density at radius 2 is 1.89 bits per heavy atom. The summed E-state index contributed by atoms with van der Waals surface area (Å²) in [6.45, 7) is 4.04. The lowest BCUT2D eigenvalue weighted by Crippen LogP contribution is -2.23. The Morgan fingerprint density at radius 3 is 2.57 bits per heavy atom. The van der Waals surface area contributed by atoms with Gasteiger partial charge in [0.1, 0.15) is 5.82 Å². The summed E-state index contributed by atoms with van der Waals surface area (Å²) in [4.78, 5) is 29.6. The highest BCUT2D eigenvalue weighted by Gasteiger charge is 2.17. The van der Waals surface area contributed by atoms with Crippen molar-refractivity contribution in [3.05, 3.63) is 61.7 Å². The first-order valence-electron chi connectivity index (χ1n) is 7.97. The highest BCUT2D eigenvalue weighted by molar-refractivity contribution is 7.11. The van der Waals surface area contributed by atoms with Gasteiger partial charge in [0.05, 0.1) is 27.8 Å². The number of halogens is 3. The van der Waals surface area contributed by atoms with Gasteiger partial charge in [0.15, 0.2) is 17.3 Å². The van der Waals surface area contributed by atoms with E-state index in [0.29, 0.717) is 18.7 Å². The van der Waals surface area contributed by atoms with E-state index in [-0.39, 0.29) is 22.1 Å². The van der Waals surface area contributed by atoms with Crippen molar-refractivity contribution in [3.8, 4) is 0 Å². The molecule has 28 heavy (non-hydrogen) atoms. The molecule has 2 heterocycles. The molecular formula is C17H14ClF2N5O2S. The van der Waals surface area contributed by atoms with Crippen LogP contribution in [0.3, 0.4) is 0 Å². The smallest absolute Gasteiger partial charge is 0.272 e. The number of benzene rings is 1. The van der Waals surface area contributed by atoms with Crippen LogP contribution in [0.5, 0.6) is 0 Å². The maximum absolute atomic E-state index is 13.3. The molecule has 2 aromatic heterocycles. The molecule has 146 valence electrons. The minimum Gasteiger partial charge on any atom is -0.346 e. The summed E-state index contributed by atoms with van der Waals surface area (Å²) >= 11 is 7.26. The summed E-state index contributed by atoms with van der Waals surface area (Å²) in [5, 5.41) is 12.1. The van der Waals surface area contributed by atoms with E-state index in [9.17, 15) is 18.4 Å². The molecule has 3 aromatic rings. The zero-order chi connectivity index (χ0) is 20.4. The zero-order valence-corrected chi connectivity index (χ0v) is 16.3. The van der Waals surface area contributed by atoms with Crippen LogP contribution in [-0.4, -0.2) is 27.0 Å². The Morgan fingerprint density at radius 1 is 1.18 bits per heavy atom. The SMILES string of the molecule is Cc1nc(C)c(CNC(=O)c2cc(NC(=O)c3cc(F)c(F)cc3Cl)[nH]n2)s1. The number of aromatic amines is 1. The average molecular weight is 426 g/mol. The molecule has 0 unspecified atom stereocenters. The molecule has 0 bridgehead atoms. The minimum atomic E-state index is -1.20. The topological polar surface area (TPSA) is 99.8 Å². The highest BCUT2D eigenvalue weighted by atomic mass is 35.5. The third-order valence-electron chi connectivity index (χ3n) is 3.72. The molecular weight excluding hydrogens is 412 g/mol. The number of carbonyl (C=O) groups is 2. The number of hydrogen-bond acceptors (Lipinski definition) is 5. The molecule has 3 N–H and O–H groups in total. The molecule has 0 radical (unpaired) electrons. The first-order chi connectivity index (χ1) is 13.2. The van der Waals surface area contributed by atoms with Crippen molar-refractivity contribution >= 4 is 40.6 Å². The van der Waals surface area contributed by atoms with Crippen molar-refractivity contribution in [2.45, 2.75) is 20.4 Å². The molecule has 7 nitrogen and oxygen atoms in total. The monoisotopic (exact) mass is 425 g/mol. The molecule has 0 fully saturated rings. The van der Waals surface area contributed by atoms with E-state index < -0.39 is 23.4 Å². The first-order valence-corrected chi connectivity index (χ1v) is 9.16. The molecule has 0 aliphatic heterocycles. The quantitative estimate of drug-likeness (QED) is 0.544. The lowest BCUT2D eigenvalue weighted by atomic mass is 10.2. The summed E-state index contributed by atoms with van der Waals surface area (Å²) < 4.78 is 26.4. The molecule has 11 heteroatoms. The van der Waals surface area contributed by atoms with E-state index >= 15 is 0 Å². The summed E-state index contributed by atoms with van der Waals surface area (Å²) in [5.74, 6) is -3.50. The van der Waals surface area contributed by atoms with Crippen LogP contribution in [0.4, 0.5) is 14.6 Å². The Hall–Kier alpha value is -2.85. The third-order valence-corrected chi connectivity index (χ3v) is 5.11. The molecule has 0 spiro atoms. The molecule has 1 aromatic carbocycles. The van der Waals surface area contributed by atoms with Gasteiger partial charge in [-0.25, -0.2) is 13.8 Å². The number of nitrogens with one attached hydrogen (secondary N) is 3. The van der Waals surface area contributed by atoms with Crippen LogP contribution in [0.1, 0.15) is 36.4 Å². The summed E-state index contributed by atoms with van der Waals surface area (Å²) in [7, 11) is 0. The van der Waals surface area contributed by atoms with Gasteiger partial charge in [-0.15, -0.1) is 11.3 Å². The van der Waals surface area contributed by atoms with Crippen LogP contribution in [-0.2, 0) is 6.54 Å². The summed E-state index contributed by atoms with van der Waals surface area (Å²) in [5.41, 5.74) is 0.643. The third kappa shape index (κ3) is 4.34. The van der Waals surface area contributed by atoms with Gasteiger partial charge >= 0.3 is 0 Å². The number of aromatic nitrogens is 3. The maximum Gasteiger partial charge on any atom is 0.272 e. The van der Waals surface area contributed by atoms with Gasteiger partial charge in [-0.2, -0.15) is 5.10 Å². The van der Waals surface area contributed by atoms with Crippen molar-refractivity contribution in [1.82, 2.24) is 20.5 Å². The van der Waals surface area contributed by atoms with Crippen molar-refractivity contribution in [2.75, 3.05) is 5.32 Å². The van der Waals surface area contributed by atoms with Crippen LogP contribution in [0, 0.1) is 25.5 Å². The predicted molar refractivity (Wildman–Crippen MR) is 101 cm³/mol. The predicted octanol–water partition coefficient (Wildman–Crippen LogP) is 3.60. The number of thiazole rings is 1. The molecule has 0 atom stereocenters. The fraction of sp³-hybridized carbons (Fsp3) is 0.176. The van der Waals surface area contributed by atoms with Crippen LogP contribution >= 0.6 is 22.9 Å². The average Bonchev–Trinajstić information content (AvgIpc) is 3.22. The van der Waals surface area contributed by atoms with Gasteiger partial charge in [-0.05, 0) is 26.0 Å². The van der Waals surface area contributed by atoms with E-state index in [2.05, 4.69) is 25.8 Å². The lowest BCUT2D eigenvalue weighted by Gasteiger charge is -2.05. The van der Waals surface area contributed by atoms with E-state index in [1.165, 1.54) is 17.4 Å². The fourth-order valence-corrected chi connectivity index (χ4v) is 3.49. The van der Waals surface area contributed by atoms with E-state index in [1.807, 2.05) is 13.8 Å². The van der Waals surface area contributed by atoms with Crippen molar-refractivity contribution < 1.29 is 18.4 Å². The molecule has 0 saturated carbocycles. The standard InChI is InChI=1S/C17H14ClF2N5O2S/c1-7-14(28-8(2)22-7)6-21-17(27)13-5-15(25-24-13)23-16(26)9-3-11(19)12(20)4-10(9)18/h3-5H,6H2,1-2H3,(H,21,27)(H2,23,24,25,26). The molecule has 3 rings (SSSR count). The van der Waals surface area contributed by atoms with Crippen molar-refractivity contribution in [2.24, 2.45) is 0 Å². The van der Waals surface area contributed by atoms with E-state index in [4.69, 9.17) is 11.6 Å². The van der Waals surface area contributed by atoms with Crippen LogP contribution in [0.15, 0.2) is 18.2 Å². The maximum atomic E-state index is 13.3.